The molecule has 1 fully saturated rings. The number of aliphatic hydroxyl groups excluding tert-OH is 1. The lowest BCUT2D eigenvalue weighted by atomic mass is 10.0. The molecule has 0 amide bonds. The second kappa shape index (κ2) is 14.8. The first-order valence-corrected chi connectivity index (χ1v) is 12.4. The van der Waals surface area contributed by atoms with Crippen molar-refractivity contribution in [2.45, 2.75) is 25.0 Å². The smallest absolute Gasteiger partial charge is 0.328 e. The molecule has 210 valence electrons. The molecular formula is C27H32FN3O8. The number of rotatable bonds is 11. The minimum Gasteiger partial charge on any atom is -0.491 e. The predicted molar refractivity (Wildman–Crippen MR) is 140 cm³/mol. The average molecular weight is 546 g/mol. The van der Waals surface area contributed by atoms with Gasteiger partial charge in [0.25, 0.3) is 0 Å². The number of aromatic amines is 1. The Morgan fingerprint density at radius 3 is 2.31 bits per heavy atom. The molecule has 0 bridgehead atoms. The van der Waals surface area contributed by atoms with Gasteiger partial charge in [0.2, 0.25) is 0 Å². The number of carboxylic acid groups (broad SMARTS) is 2. The van der Waals surface area contributed by atoms with E-state index in [9.17, 15) is 23.9 Å². The molecule has 2 aromatic carbocycles. The highest BCUT2D eigenvalue weighted by Crippen LogP contribution is 2.24. The van der Waals surface area contributed by atoms with E-state index in [1.807, 2.05) is 28.8 Å². The maximum absolute atomic E-state index is 12.9. The first-order valence-electron chi connectivity index (χ1n) is 12.4. The minimum atomic E-state index is -1.26. The lowest BCUT2D eigenvalue weighted by Gasteiger charge is -2.33. The number of imidazole rings is 1. The molecule has 0 radical (unpaired) electrons. The van der Waals surface area contributed by atoms with Crippen molar-refractivity contribution in [3.8, 4) is 5.75 Å². The molecule has 1 unspecified atom stereocenters. The van der Waals surface area contributed by atoms with E-state index >= 15 is 0 Å². The summed E-state index contributed by atoms with van der Waals surface area (Å²) in [5, 5.41) is 25.9. The molecular weight excluding hydrogens is 513 g/mol. The topological polar surface area (TPSA) is 154 Å². The summed E-state index contributed by atoms with van der Waals surface area (Å²) >= 11 is 0. The third kappa shape index (κ3) is 9.67. The monoisotopic (exact) mass is 545 g/mol. The average Bonchev–Trinajstić information content (AvgIpc) is 3.25. The number of carboxylic acids is 2. The van der Waals surface area contributed by atoms with Gasteiger partial charge in [-0.1, -0.05) is 12.1 Å². The van der Waals surface area contributed by atoms with Crippen LogP contribution in [0.2, 0.25) is 0 Å². The zero-order chi connectivity index (χ0) is 28.2. The van der Waals surface area contributed by atoms with Crippen molar-refractivity contribution < 1.29 is 38.8 Å². The van der Waals surface area contributed by atoms with Gasteiger partial charge in [0.05, 0.1) is 30.4 Å². The van der Waals surface area contributed by atoms with Crippen molar-refractivity contribution >= 4 is 23.0 Å². The molecule has 4 rings (SSSR count). The number of aliphatic hydroxyl groups is 1. The van der Waals surface area contributed by atoms with Crippen molar-refractivity contribution in [1.29, 1.82) is 0 Å². The molecule has 1 saturated heterocycles. The standard InChI is InChI=1S/C23H28FN3O4.C4H4O4/c24-17-5-7-20(8-6-17)31-14-13-30-16-19(28)15-26-11-9-18(10-12-26)27-22-4-2-1-3-21(22)25-23(27)29;5-3(6)1-2-4(7)8/h1-8,18-19,28H,9-16H2,(H,25,29);1-2H,(H,5,6)(H,7,8)/b;2-1+. The molecule has 2 heterocycles. The molecule has 3 aromatic rings. The van der Waals surface area contributed by atoms with Crippen LogP contribution in [0.5, 0.6) is 5.75 Å². The van der Waals surface area contributed by atoms with Gasteiger partial charge in [0.1, 0.15) is 18.2 Å². The maximum atomic E-state index is 12.9. The van der Waals surface area contributed by atoms with E-state index in [-0.39, 0.29) is 24.2 Å². The number of hydrogen-bond acceptors (Lipinski definition) is 7. The molecule has 0 aliphatic carbocycles. The summed E-state index contributed by atoms with van der Waals surface area (Å²) in [6, 6.07) is 13.7. The van der Waals surface area contributed by atoms with Crippen LogP contribution in [0.1, 0.15) is 18.9 Å². The highest BCUT2D eigenvalue weighted by molar-refractivity contribution is 5.89. The maximum Gasteiger partial charge on any atom is 0.328 e. The van der Waals surface area contributed by atoms with Gasteiger partial charge in [-0.05, 0) is 49.2 Å². The van der Waals surface area contributed by atoms with Crippen LogP contribution in [0.15, 0.2) is 65.5 Å². The Bertz CT molecular complexity index is 1280. The summed E-state index contributed by atoms with van der Waals surface area (Å²) in [5.74, 6) is -2.23. The molecule has 1 aliphatic rings. The number of fused-ring (bicyclic) bond motifs is 1. The molecule has 1 atom stereocenters. The number of piperidine rings is 1. The van der Waals surface area contributed by atoms with Crippen LogP contribution in [0, 0.1) is 5.82 Å². The zero-order valence-electron chi connectivity index (χ0n) is 21.2. The van der Waals surface area contributed by atoms with E-state index in [1.165, 1.54) is 12.1 Å². The Labute approximate surface area is 223 Å². The number of aliphatic carboxylic acids is 2. The SMILES string of the molecule is O=C(O)/C=C/C(=O)O.O=c1[nH]c2ccccc2n1C1CCN(CC(O)COCCOc2ccc(F)cc2)CC1. The third-order valence-corrected chi connectivity index (χ3v) is 6.00. The van der Waals surface area contributed by atoms with Crippen LogP contribution in [0.4, 0.5) is 4.39 Å². The van der Waals surface area contributed by atoms with Gasteiger partial charge in [-0.15, -0.1) is 0 Å². The normalized spacial score (nSPS) is 15.1. The van der Waals surface area contributed by atoms with Crippen molar-refractivity contribution in [2.24, 2.45) is 0 Å². The number of β-amino-alcohol motifs (C(OH)–C–C–N with tert-alkyl or cyclic N) is 1. The first kappa shape index (κ1) is 29.6. The molecule has 11 nitrogen and oxygen atoms in total. The van der Waals surface area contributed by atoms with Gasteiger partial charge < -0.3 is 34.7 Å². The number of aromatic nitrogens is 2. The molecule has 0 spiro atoms. The largest absolute Gasteiger partial charge is 0.491 e. The van der Waals surface area contributed by atoms with E-state index in [0.29, 0.717) is 37.7 Å². The van der Waals surface area contributed by atoms with Gasteiger partial charge in [-0.2, -0.15) is 0 Å². The number of nitrogens with zero attached hydrogens (tertiary/aromatic N) is 2. The molecule has 0 saturated carbocycles. The Hall–Kier alpha value is -4.00. The van der Waals surface area contributed by atoms with Crippen LogP contribution in [-0.4, -0.2) is 87.3 Å². The summed E-state index contributed by atoms with van der Waals surface area (Å²) in [4.78, 5) is 36.6. The van der Waals surface area contributed by atoms with Gasteiger partial charge in [-0.3, -0.25) is 4.57 Å². The van der Waals surface area contributed by atoms with Crippen molar-refractivity contribution in [2.75, 3.05) is 39.5 Å². The second-order valence-electron chi connectivity index (χ2n) is 8.89. The van der Waals surface area contributed by atoms with Crippen LogP contribution >= 0.6 is 0 Å². The van der Waals surface area contributed by atoms with Gasteiger partial charge in [-0.25, -0.2) is 18.8 Å². The lowest BCUT2D eigenvalue weighted by molar-refractivity contribution is -0.134. The number of H-pyrrole nitrogens is 1. The Balaban J connectivity index is 0.000000459. The van der Waals surface area contributed by atoms with Crippen LogP contribution in [0.3, 0.4) is 0 Å². The van der Waals surface area contributed by atoms with Crippen molar-refractivity contribution in [3.05, 3.63) is 77.0 Å². The quantitative estimate of drug-likeness (QED) is 0.210. The Morgan fingerprint density at radius 2 is 1.67 bits per heavy atom. The number of carbonyl (C=O) groups is 2. The van der Waals surface area contributed by atoms with E-state index in [2.05, 4.69) is 9.88 Å². The number of nitrogens with one attached hydrogen (secondary N) is 1. The summed E-state index contributed by atoms with van der Waals surface area (Å²) in [6.07, 6.45) is 2.25. The van der Waals surface area contributed by atoms with Gasteiger partial charge in [0.15, 0.2) is 0 Å². The van der Waals surface area contributed by atoms with Crippen LogP contribution < -0.4 is 10.4 Å². The number of likely N-dealkylation sites (tertiary alicyclic amines) is 1. The summed E-state index contributed by atoms with van der Waals surface area (Å²) in [7, 11) is 0. The van der Waals surface area contributed by atoms with Crippen LogP contribution in [-0.2, 0) is 14.3 Å². The Morgan fingerprint density at radius 1 is 1.03 bits per heavy atom. The number of halogens is 1. The van der Waals surface area contributed by atoms with E-state index in [0.717, 1.165) is 37.0 Å². The fourth-order valence-electron chi connectivity index (χ4n) is 4.26. The minimum absolute atomic E-state index is 0.0593. The van der Waals surface area contributed by atoms with Gasteiger partial charge in [0, 0.05) is 37.8 Å². The Kier molecular flexibility index (Phi) is 11.2. The predicted octanol–water partition coefficient (Wildman–Crippen LogP) is 2.27. The first-order chi connectivity index (χ1) is 18.7. The van der Waals surface area contributed by atoms with Gasteiger partial charge >= 0.3 is 17.6 Å². The van der Waals surface area contributed by atoms with E-state index < -0.39 is 18.0 Å². The molecule has 39 heavy (non-hydrogen) atoms. The van der Waals surface area contributed by atoms with E-state index in [4.69, 9.17) is 19.7 Å². The van der Waals surface area contributed by atoms with Crippen molar-refractivity contribution in [1.82, 2.24) is 14.5 Å². The summed E-state index contributed by atoms with van der Waals surface area (Å²) in [6.45, 7) is 3.09. The number of hydrogen-bond donors (Lipinski definition) is 4. The van der Waals surface area contributed by atoms with E-state index in [1.54, 1.807) is 12.1 Å². The number of benzene rings is 2. The fourth-order valence-corrected chi connectivity index (χ4v) is 4.26. The summed E-state index contributed by atoms with van der Waals surface area (Å²) in [5.41, 5.74) is 1.75. The molecule has 12 heteroatoms. The fraction of sp³-hybridized carbons (Fsp3) is 0.370. The highest BCUT2D eigenvalue weighted by atomic mass is 19.1. The molecule has 1 aromatic heterocycles. The number of ether oxygens (including phenoxy) is 2. The molecule has 4 N–H and O–H groups in total. The zero-order valence-corrected chi connectivity index (χ0v) is 21.2. The summed E-state index contributed by atoms with van der Waals surface area (Å²) < 4.78 is 25.7. The number of para-hydroxylation sites is 2. The third-order valence-electron chi connectivity index (χ3n) is 6.00. The van der Waals surface area contributed by atoms with Crippen LogP contribution in [0.25, 0.3) is 11.0 Å². The van der Waals surface area contributed by atoms with Crippen molar-refractivity contribution in [3.63, 3.8) is 0 Å². The molecule has 1 aliphatic heterocycles. The highest BCUT2D eigenvalue weighted by Gasteiger charge is 2.24. The lowest BCUT2D eigenvalue weighted by Crippen LogP contribution is -2.41. The second-order valence-corrected chi connectivity index (χ2v) is 8.89.